The quantitative estimate of drug-likeness (QED) is 0.460. The molecule has 1 aliphatic rings. The van der Waals surface area contributed by atoms with E-state index < -0.39 is 4.92 Å². The number of nitro groups is 1. The molecule has 8 heteroatoms. The van der Waals surface area contributed by atoms with Crippen LogP contribution in [0.3, 0.4) is 0 Å². The van der Waals surface area contributed by atoms with Crippen LogP contribution < -0.4 is 4.90 Å². The van der Waals surface area contributed by atoms with Gasteiger partial charge in [-0.25, -0.2) is 0 Å². The lowest BCUT2D eigenvalue weighted by Gasteiger charge is -2.33. The molecule has 0 bridgehead atoms. The number of hydrogen-bond acceptors (Lipinski definition) is 5. The fourth-order valence-corrected chi connectivity index (χ4v) is 4.12. The maximum absolute atomic E-state index is 12.7. The Bertz CT molecular complexity index is 777. The molecule has 1 fully saturated rings. The van der Waals surface area contributed by atoms with Gasteiger partial charge < -0.3 is 9.80 Å². The third-order valence-electron chi connectivity index (χ3n) is 4.69. The Morgan fingerprint density at radius 1 is 1.22 bits per heavy atom. The van der Waals surface area contributed by atoms with Crippen molar-refractivity contribution in [3.05, 3.63) is 64.5 Å². The number of nitrogens with one attached hydrogen (secondary N) is 1. The molecule has 1 N–H and O–H groups in total. The highest BCUT2D eigenvalue weighted by Crippen LogP contribution is 2.26. The van der Waals surface area contributed by atoms with Crippen molar-refractivity contribution in [3.8, 4) is 0 Å². The molecule has 1 saturated heterocycles. The monoisotopic (exact) mass is 387 g/mol. The third-order valence-corrected chi connectivity index (χ3v) is 5.79. The number of benzene rings is 1. The average molecular weight is 387 g/mol. The van der Waals surface area contributed by atoms with Gasteiger partial charge in [-0.1, -0.05) is 0 Å². The number of amides is 1. The lowest BCUT2D eigenvalue weighted by molar-refractivity contribution is -0.917. The molecule has 1 amide bonds. The number of quaternary nitrogens is 1. The number of nitrogens with zero attached hydrogens (tertiary/aromatic N) is 3. The summed E-state index contributed by atoms with van der Waals surface area (Å²) in [6.07, 6.45) is 3.62. The van der Waals surface area contributed by atoms with Crippen LogP contribution in [0.2, 0.25) is 0 Å². The van der Waals surface area contributed by atoms with Gasteiger partial charge >= 0.3 is 0 Å². The second kappa shape index (κ2) is 8.96. The summed E-state index contributed by atoms with van der Waals surface area (Å²) in [7, 11) is 0. The molecule has 0 aliphatic carbocycles. The molecule has 2 aromatic rings. The van der Waals surface area contributed by atoms with Gasteiger partial charge in [0.2, 0.25) is 5.91 Å². The molecule has 142 valence electrons. The van der Waals surface area contributed by atoms with E-state index in [-0.39, 0.29) is 16.8 Å². The number of carbonyl (C=O) groups excluding carboxylic acids is 1. The highest BCUT2D eigenvalue weighted by Gasteiger charge is 2.27. The highest BCUT2D eigenvalue weighted by molar-refractivity contribution is 8.00. The van der Waals surface area contributed by atoms with E-state index in [0.29, 0.717) is 0 Å². The number of aromatic nitrogens is 1. The molecule has 7 nitrogen and oxygen atoms in total. The van der Waals surface area contributed by atoms with Gasteiger partial charge in [0.1, 0.15) is 6.54 Å². The zero-order chi connectivity index (χ0) is 19.2. The van der Waals surface area contributed by atoms with Crippen molar-refractivity contribution < 1.29 is 14.6 Å². The standard InChI is InChI=1S/C19H22N4O3S/c1-15(27-18-4-2-17(3-5-18)23(25)26)19(24)22-12-10-21(11-13-22)14-16-6-8-20-9-7-16/h2-9,15H,10-14H2,1H3/p+1/t15-/m1/s1. The number of pyridine rings is 1. The summed E-state index contributed by atoms with van der Waals surface area (Å²) in [6.45, 7) is 6.23. The summed E-state index contributed by atoms with van der Waals surface area (Å²) >= 11 is 1.44. The molecule has 0 saturated carbocycles. The van der Waals surface area contributed by atoms with Crippen LogP contribution in [-0.2, 0) is 11.3 Å². The van der Waals surface area contributed by atoms with Crippen LogP contribution in [0.5, 0.6) is 0 Å². The SMILES string of the molecule is C[C@@H](Sc1ccc([N+](=O)[O-])cc1)C(=O)N1CC[NH+](Cc2ccncc2)CC1. The van der Waals surface area contributed by atoms with Crippen LogP contribution >= 0.6 is 11.8 Å². The normalized spacial score (nSPS) is 16.1. The first kappa shape index (κ1) is 19.3. The molecule has 1 aliphatic heterocycles. The predicted octanol–water partition coefficient (Wildman–Crippen LogP) is 1.40. The largest absolute Gasteiger partial charge is 0.330 e. The van der Waals surface area contributed by atoms with E-state index in [0.717, 1.165) is 37.6 Å². The van der Waals surface area contributed by atoms with Crippen molar-refractivity contribution in [3.63, 3.8) is 0 Å². The van der Waals surface area contributed by atoms with Gasteiger partial charge in [-0.05, 0) is 31.2 Å². The minimum atomic E-state index is -0.420. The first-order chi connectivity index (χ1) is 13.0. The number of nitro benzene ring substituents is 1. The van der Waals surface area contributed by atoms with Crippen molar-refractivity contribution in [1.82, 2.24) is 9.88 Å². The summed E-state index contributed by atoms with van der Waals surface area (Å²) < 4.78 is 0. The van der Waals surface area contributed by atoms with Crippen LogP contribution in [0.4, 0.5) is 5.69 Å². The number of hydrogen-bond donors (Lipinski definition) is 1. The first-order valence-corrected chi connectivity index (χ1v) is 9.83. The Morgan fingerprint density at radius 3 is 2.44 bits per heavy atom. The van der Waals surface area contributed by atoms with Crippen LogP contribution in [0.25, 0.3) is 0 Å². The van der Waals surface area contributed by atoms with Crippen LogP contribution in [-0.4, -0.2) is 52.1 Å². The maximum atomic E-state index is 12.7. The molecule has 0 spiro atoms. The number of rotatable bonds is 6. The third kappa shape index (κ3) is 5.27. The van der Waals surface area contributed by atoms with E-state index in [2.05, 4.69) is 4.98 Å². The molecule has 0 radical (unpaired) electrons. The molecule has 27 heavy (non-hydrogen) atoms. The highest BCUT2D eigenvalue weighted by atomic mass is 32.2. The predicted molar refractivity (Wildman–Crippen MR) is 104 cm³/mol. The minimum absolute atomic E-state index is 0.0617. The number of carbonyl (C=O) groups is 1. The molecule has 0 unspecified atom stereocenters. The van der Waals surface area contributed by atoms with Gasteiger partial charge in [0, 0.05) is 35.0 Å². The van der Waals surface area contributed by atoms with Gasteiger partial charge in [-0.2, -0.15) is 0 Å². The summed E-state index contributed by atoms with van der Waals surface area (Å²) in [6, 6.07) is 10.4. The molecule has 1 atom stereocenters. The van der Waals surface area contributed by atoms with Crippen molar-refractivity contribution in [2.45, 2.75) is 23.6 Å². The average Bonchev–Trinajstić information content (AvgIpc) is 2.69. The number of thioether (sulfide) groups is 1. The smallest absolute Gasteiger partial charge is 0.269 e. The second-order valence-electron chi connectivity index (χ2n) is 6.62. The molecular weight excluding hydrogens is 364 g/mol. The summed E-state index contributed by atoms with van der Waals surface area (Å²) in [5.74, 6) is 0.126. The van der Waals surface area contributed by atoms with Crippen molar-refractivity contribution >= 4 is 23.4 Å². The zero-order valence-corrected chi connectivity index (χ0v) is 16.0. The van der Waals surface area contributed by atoms with Gasteiger partial charge in [-0.15, -0.1) is 11.8 Å². The first-order valence-electron chi connectivity index (χ1n) is 8.95. The second-order valence-corrected chi connectivity index (χ2v) is 8.03. The Hall–Kier alpha value is -2.45. The Morgan fingerprint density at radius 2 is 1.85 bits per heavy atom. The van der Waals surface area contributed by atoms with Gasteiger partial charge in [0.25, 0.3) is 5.69 Å². The lowest BCUT2D eigenvalue weighted by Crippen LogP contribution is -3.13. The van der Waals surface area contributed by atoms with Gasteiger partial charge in [0.05, 0.1) is 36.4 Å². The van der Waals surface area contributed by atoms with Gasteiger partial charge in [-0.3, -0.25) is 19.9 Å². The fourth-order valence-electron chi connectivity index (χ4n) is 3.17. The Balaban J connectivity index is 1.48. The molecule has 3 rings (SSSR count). The van der Waals surface area contributed by atoms with Crippen LogP contribution in [0, 0.1) is 10.1 Å². The van der Waals surface area contributed by atoms with E-state index in [4.69, 9.17) is 0 Å². The zero-order valence-electron chi connectivity index (χ0n) is 15.2. The van der Waals surface area contributed by atoms with Crippen LogP contribution in [0.1, 0.15) is 12.5 Å². The minimum Gasteiger partial charge on any atom is -0.330 e. The summed E-state index contributed by atoms with van der Waals surface area (Å²) in [4.78, 5) is 31.3. The Labute approximate surface area is 162 Å². The number of non-ortho nitro benzene ring substituents is 1. The van der Waals surface area contributed by atoms with E-state index in [9.17, 15) is 14.9 Å². The van der Waals surface area contributed by atoms with Crippen molar-refractivity contribution in [1.29, 1.82) is 0 Å². The van der Waals surface area contributed by atoms with Crippen molar-refractivity contribution in [2.24, 2.45) is 0 Å². The van der Waals surface area contributed by atoms with E-state index in [1.165, 1.54) is 34.4 Å². The molecular formula is C19H23N4O3S+. The molecule has 2 heterocycles. The maximum Gasteiger partial charge on any atom is 0.269 e. The van der Waals surface area contributed by atoms with Crippen LogP contribution in [0.15, 0.2) is 53.7 Å². The van der Waals surface area contributed by atoms with E-state index in [1.807, 2.05) is 36.4 Å². The summed E-state index contributed by atoms with van der Waals surface area (Å²) in [5, 5.41) is 10.5. The van der Waals surface area contributed by atoms with E-state index >= 15 is 0 Å². The summed E-state index contributed by atoms with van der Waals surface area (Å²) in [5.41, 5.74) is 1.33. The molecule has 1 aromatic carbocycles. The Kier molecular flexibility index (Phi) is 6.41. The fraction of sp³-hybridized carbons (Fsp3) is 0.368. The number of piperazine rings is 1. The molecule has 1 aromatic heterocycles. The van der Waals surface area contributed by atoms with Gasteiger partial charge in [0.15, 0.2) is 0 Å². The van der Waals surface area contributed by atoms with Crippen molar-refractivity contribution in [2.75, 3.05) is 26.2 Å². The van der Waals surface area contributed by atoms with E-state index in [1.54, 1.807) is 12.1 Å². The lowest BCUT2D eigenvalue weighted by atomic mass is 10.2. The topological polar surface area (TPSA) is 80.8 Å².